The lowest BCUT2D eigenvalue weighted by Crippen LogP contribution is -2.24. The van der Waals surface area contributed by atoms with E-state index in [2.05, 4.69) is 20.5 Å². The SMILES string of the molecule is Cn1nc(-c2nnn(C(C)(C)C)n2)cc1N. The third kappa shape index (κ3) is 1.75. The molecule has 86 valence electrons. The van der Waals surface area contributed by atoms with Crippen LogP contribution in [0.5, 0.6) is 0 Å². The van der Waals surface area contributed by atoms with Crippen molar-refractivity contribution >= 4 is 5.82 Å². The highest BCUT2D eigenvalue weighted by atomic mass is 15.6. The molecule has 0 saturated carbocycles. The van der Waals surface area contributed by atoms with E-state index in [0.717, 1.165) is 0 Å². The van der Waals surface area contributed by atoms with Gasteiger partial charge in [0.1, 0.15) is 11.5 Å². The molecule has 16 heavy (non-hydrogen) atoms. The molecule has 0 saturated heterocycles. The Hall–Kier alpha value is -1.92. The molecule has 2 rings (SSSR count). The summed E-state index contributed by atoms with van der Waals surface area (Å²) in [7, 11) is 1.77. The van der Waals surface area contributed by atoms with Crippen LogP contribution in [-0.2, 0) is 12.6 Å². The zero-order valence-corrected chi connectivity index (χ0v) is 9.84. The van der Waals surface area contributed by atoms with Gasteiger partial charge in [0.05, 0.1) is 5.54 Å². The van der Waals surface area contributed by atoms with Crippen LogP contribution in [0, 0.1) is 0 Å². The molecule has 7 nitrogen and oxygen atoms in total. The summed E-state index contributed by atoms with van der Waals surface area (Å²) in [5, 5.41) is 16.4. The number of nitrogens with zero attached hydrogens (tertiary/aromatic N) is 6. The standard InChI is InChI=1S/C9H15N7/c1-9(2,3)16-13-8(11-14-16)6-5-7(10)15(4)12-6/h5H,10H2,1-4H3. The quantitative estimate of drug-likeness (QED) is 0.753. The number of rotatable bonds is 1. The number of hydrogen-bond acceptors (Lipinski definition) is 5. The summed E-state index contributed by atoms with van der Waals surface area (Å²) in [5.41, 5.74) is 6.13. The molecule has 0 atom stereocenters. The van der Waals surface area contributed by atoms with E-state index in [4.69, 9.17) is 5.73 Å². The van der Waals surface area contributed by atoms with Gasteiger partial charge in [-0.1, -0.05) is 0 Å². The minimum absolute atomic E-state index is 0.189. The number of nitrogen functional groups attached to an aromatic ring is 1. The van der Waals surface area contributed by atoms with Gasteiger partial charge in [-0.2, -0.15) is 9.90 Å². The fourth-order valence-electron chi connectivity index (χ4n) is 1.19. The summed E-state index contributed by atoms with van der Waals surface area (Å²) in [6.07, 6.45) is 0. The topological polar surface area (TPSA) is 87.4 Å². The van der Waals surface area contributed by atoms with E-state index < -0.39 is 0 Å². The van der Waals surface area contributed by atoms with Gasteiger partial charge in [0, 0.05) is 13.1 Å². The lowest BCUT2D eigenvalue weighted by molar-refractivity contribution is 0.306. The zero-order valence-electron chi connectivity index (χ0n) is 9.84. The largest absolute Gasteiger partial charge is 0.384 e. The zero-order chi connectivity index (χ0) is 11.9. The average molecular weight is 221 g/mol. The molecule has 2 N–H and O–H groups in total. The second-order valence-corrected chi connectivity index (χ2v) is 4.65. The predicted molar refractivity (Wildman–Crippen MR) is 59.4 cm³/mol. The molecule has 0 bridgehead atoms. The van der Waals surface area contributed by atoms with Crippen molar-refractivity contribution in [1.82, 2.24) is 30.0 Å². The van der Waals surface area contributed by atoms with Crippen LogP contribution in [0.15, 0.2) is 6.07 Å². The number of anilines is 1. The number of aryl methyl sites for hydroxylation is 1. The molecule has 0 fully saturated rings. The van der Waals surface area contributed by atoms with Gasteiger partial charge in [-0.05, 0) is 26.0 Å². The molecular formula is C9H15N7. The fraction of sp³-hybridized carbons (Fsp3) is 0.556. The minimum atomic E-state index is -0.189. The van der Waals surface area contributed by atoms with Crippen molar-refractivity contribution in [2.24, 2.45) is 7.05 Å². The van der Waals surface area contributed by atoms with E-state index in [-0.39, 0.29) is 5.54 Å². The van der Waals surface area contributed by atoms with E-state index in [0.29, 0.717) is 17.3 Å². The third-order valence-electron chi connectivity index (χ3n) is 2.16. The smallest absolute Gasteiger partial charge is 0.225 e. The van der Waals surface area contributed by atoms with E-state index in [1.54, 1.807) is 22.6 Å². The van der Waals surface area contributed by atoms with Crippen molar-refractivity contribution in [2.45, 2.75) is 26.3 Å². The normalized spacial score (nSPS) is 12.0. The van der Waals surface area contributed by atoms with Crippen LogP contribution in [0.4, 0.5) is 5.82 Å². The fourth-order valence-corrected chi connectivity index (χ4v) is 1.19. The summed E-state index contributed by atoms with van der Waals surface area (Å²) in [4.78, 5) is 1.56. The van der Waals surface area contributed by atoms with Gasteiger partial charge in [0.25, 0.3) is 0 Å². The van der Waals surface area contributed by atoms with Crippen LogP contribution in [0.2, 0.25) is 0 Å². The molecule has 2 heterocycles. The highest BCUT2D eigenvalue weighted by Crippen LogP contribution is 2.16. The predicted octanol–water partition coefficient (Wildman–Crippen LogP) is 0.411. The lowest BCUT2D eigenvalue weighted by atomic mass is 10.1. The summed E-state index contributed by atoms with van der Waals surface area (Å²) in [6, 6.07) is 1.73. The van der Waals surface area contributed by atoms with Crippen LogP contribution in [0.1, 0.15) is 20.8 Å². The van der Waals surface area contributed by atoms with Crippen molar-refractivity contribution in [1.29, 1.82) is 0 Å². The lowest BCUT2D eigenvalue weighted by Gasteiger charge is -2.15. The van der Waals surface area contributed by atoms with E-state index >= 15 is 0 Å². The first-order chi connectivity index (χ1) is 7.38. The van der Waals surface area contributed by atoms with Crippen molar-refractivity contribution in [3.8, 4) is 11.5 Å². The summed E-state index contributed by atoms with van der Waals surface area (Å²) in [6.45, 7) is 6.02. The van der Waals surface area contributed by atoms with E-state index in [1.165, 1.54) is 0 Å². The molecule has 0 aliphatic heterocycles. The second-order valence-electron chi connectivity index (χ2n) is 4.65. The molecular weight excluding hydrogens is 206 g/mol. The number of hydrogen-bond donors (Lipinski definition) is 1. The summed E-state index contributed by atoms with van der Waals surface area (Å²) < 4.78 is 1.58. The van der Waals surface area contributed by atoms with Gasteiger partial charge in [-0.15, -0.1) is 10.2 Å². The van der Waals surface area contributed by atoms with Crippen LogP contribution < -0.4 is 5.73 Å². The Balaban J connectivity index is 2.39. The maximum Gasteiger partial charge on any atom is 0.225 e. The number of tetrazole rings is 1. The highest BCUT2D eigenvalue weighted by Gasteiger charge is 2.18. The first kappa shape index (κ1) is 10.6. The maximum atomic E-state index is 5.69. The first-order valence-electron chi connectivity index (χ1n) is 4.98. The molecule has 2 aromatic heterocycles. The molecule has 0 radical (unpaired) electrons. The molecule has 0 spiro atoms. The Morgan fingerprint density at radius 2 is 1.94 bits per heavy atom. The monoisotopic (exact) mass is 221 g/mol. The number of nitrogens with two attached hydrogens (primary N) is 1. The van der Waals surface area contributed by atoms with Crippen LogP contribution in [0.3, 0.4) is 0 Å². The van der Waals surface area contributed by atoms with E-state index in [9.17, 15) is 0 Å². The van der Waals surface area contributed by atoms with Crippen LogP contribution in [-0.4, -0.2) is 30.0 Å². The van der Waals surface area contributed by atoms with Crippen molar-refractivity contribution in [3.63, 3.8) is 0 Å². The molecule has 0 unspecified atom stereocenters. The van der Waals surface area contributed by atoms with E-state index in [1.807, 2.05) is 20.8 Å². The van der Waals surface area contributed by atoms with Crippen LogP contribution in [0.25, 0.3) is 11.5 Å². The second kappa shape index (κ2) is 3.29. The van der Waals surface area contributed by atoms with Gasteiger partial charge < -0.3 is 5.73 Å². The number of aromatic nitrogens is 6. The molecule has 0 amide bonds. The van der Waals surface area contributed by atoms with Crippen LogP contribution >= 0.6 is 0 Å². The first-order valence-corrected chi connectivity index (χ1v) is 4.98. The van der Waals surface area contributed by atoms with Gasteiger partial charge in [-0.25, -0.2) is 0 Å². The highest BCUT2D eigenvalue weighted by molar-refractivity contribution is 5.53. The Morgan fingerprint density at radius 3 is 2.38 bits per heavy atom. The van der Waals surface area contributed by atoms with Gasteiger partial charge in [0.2, 0.25) is 5.82 Å². The molecule has 0 aliphatic rings. The summed E-state index contributed by atoms with van der Waals surface area (Å²) in [5.74, 6) is 1.06. The Kier molecular flexibility index (Phi) is 2.18. The van der Waals surface area contributed by atoms with Gasteiger partial charge in [-0.3, -0.25) is 4.68 Å². The minimum Gasteiger partial charge on any atom is -0.384 e. The van der Waals surface area contributed by atoms with Crippen molar-refractivity contribution < 1.29 is 0 Å². The maximum absolute atomic E-state index is 5.69. The third-order valence-corrected chi connectivity index (χ3v) is 2.16. The Labute approximate surface area is 93.2 Å². The molecule has 0 aliphatic carbocycles. The Morgan fingerprint density at radius 1 is 1.25 bits per heavy atom. The summed E-state index contributed by atoms with van der Waals surface area (Å²) >= 11 is 0. The van der Waals surface area contributed by atoms with Gasteiger partial charge in [0.15, 0.2) is 0 Å². The van der Waals surface area contributed by atoms with Gasteiger partial charge >= 0.3 is 0 Å². The molecule has 0 aromatic carbocycles. The Bertz CT molecular complexity index is 483. The molecule has 7 heteroatoms. The van der Waals surface area contributed by atoms with Crippen molar-refractivity contribution in [2.75, 3.05) is 5.73 Å². The average Bonchev–Trinajstić information content (AvgIpc) is 2.73. The van der Waals surface area contributed by atoms with Crippen molar-refractivity contribution in [3.05, 3.63) is 6.07 Å². The molecule has 2 aromatic rings.